The number of amides is 2. The lowest BCUT2D eigenvalue weighted by Gasteiger charge is -2.43. The summed E-state index contributed by atoms with van der Waals surface area (Å²) in [6.07, 6.45) is -2.21. The number of hydrogen-bond donors (Lipinski definition) is 3. The first-order valence-electron chi connectivity index (χ1n) is 13.1. The third kappa shape index (κ3) is 6.95. The summed E-state index contributed by atoms with van der Waals surface area (Å²) in [7, 11) is -2.79. The maximum absolute atomic E-state index is 12.7. The number of nitrogens with one attached hydrogen (secondary N) is 1. The highest BCUT2D eigenvalue weighted by Gasteiger charge is 2.50. The Morgan fingerprint density at radius 3 is 1.92 bits per heavy atom. The topological polar surface area (TPSA) is 108 Å². The fourth-order valence-corrected chi connectivity index (χ4v) is 9.90. The van der Waals surface area contributed by atoms with E-state index < -0.39 is 44.2 Å². The number of carbonyl (C=O) groups is 2. The first-order chi connectivity index (χ1) is 17.7. The number of aliphatic hydroxyl groups excluding tert-OH is 1. The van der Waals surface area contributed by atoms with Crippen LogP contribution in [0.4, 0.5) is 9.59 Å². The Hall–Kier alpha value is -2.88. The Labute approximate surface area is 227 Å². The van der Waals surface area contributed by atoms with Gasteiger partial charge in [-0.2, -0.15) is 0 Å². The predicted molar refractivity (Wildman–Crippen MR) is 150 cm³/mol. The predicted octanol–water partition coefficient (Wildman–Crippen LogP) is 3.82. The maximum atomic E-state index is 12.7. The Morgan fingerprint density at radius 2 is 1.50 bits per heavy atom. The van der Waals surface area contributed by atoms with E-state index in [9.17, 15) is 19.8 Å². The number of carbonyl (C=O) groups excluding carboxylic acids is 1. The molecule has 2 aromatic carbocycles. The third-order valence-corrected chi connectivity index (χ3v) is 12.0. The lowest BCUT2D eigenvalue weighted by Crippen LogP contribution is -2.66. The summed E-state index contributed by atoms with van der Waals surface area (Å²) >= 11 is 0. The van der Waals surface area contributed by atoms with E-state index in [1.807, 2.05) is 36.4 Å². The van der Waals surface area contributed by atoms with Gasteiger partial charge in [0.05, 0.1) is 12.6 Å². The average molecular weight is 543 g/mol. The van der Waals surface area contributed by atoms with Gasteiger partial charge in [-0.25, -0.2) is 9.59 Å². The van der Waals surface area contributed by atoms with Crippen molar-refractivity contribution in [3.8, 4) is 0 Å². The van der Waals surface area contributed by atoms with E-state index in [1.165, 1.54) is 4.90 Å². The monoisotopic (exact) mass is 542 g/mol. The van der Waals surface area contributed by atoms with Crippen molar-refractivity contribution in [2.24, 2.45) is 5.92 Å². The number of ether oxygens (including phenoxy) is 1. The molecule has 0 bridgehead atoms. The van der Waals surface area contributed by atoms with Gasteiger partial charge in [0.25, 0.3) is 8.32 Å². The van der Waals surface area contributed by atoms with Crippen LogP contribution in [-0.2, 0) is 9.16 Å². The van der Waals surface area contributed by atoms with Crippen molar-refractivity contribution in [2.75, 3.05) is 19.7 Å². The highest BCUT2D eigenvalue weighted by Crippen LogP contribution is 2.37. The fourth-order valence-electron chi connectivity index (χ4n) is 5.32. The molecule has 3 atom stereocenters. The molecule has 1 saturated heterocycles. The minimum absolute atomic E-state index is 0.00205. The largest absolute Gasteiger partial charge is 0.465 e. The number of alkyl carbamates (subject to hydrolysis) is 1. The van der Waals surface area contributed by atoms with Crippen LogP contribution in [0.3, 0.4) is 0 Å². The molecule has 1 fully saturated rings. The zero-order valence-corrected chi connectivity index (χ0v) is 24.3. The molecule has 38 heavy (non-hydrogen) atoms. The molecule has 9 heteroatoms. The molecule has 0 aromatic heterocycles. The van der Waals surface area contributed by atoms with Crippen molar-refractivity contribution >= 4 is 30.9 Å². The lowest BCUT2D eigenvalue weighted by atomic mass is 9.94. The zero-order valence-electron chi connectivity index (χ0n) is 23.3. The number of β-amino-alcohol motifs (C(OH)–C–C–N with tert-alkyl or cyclic N) is 1. The Balaban J connectivity index is 1.91. The molecule has 0 radical (unpaired) electrons. The standard InChI is InChI=1S/C29H42N2O6Si/c1-28(2,3)37-26(33)30-24(23-19-31(27(34)35)20-25(23)32)17-18-36-38(29(4,5)6,21-13-9-7-10-14-21)22-15-11-8-12-16-22/h7-16,23-25,32H,17-20H2,1-6H3,(H,30,33)(H,34,35)/t23-,24?,25-/m1/s1. The van der Waals surface area contributed by atoms with Gasteiger partial charge in [-0.3, -0.25) is 0 Å². The molecule has 0 saturated carbocycles. The van der Waals surface area contributed by atoms with Gasteiger partial charge in [0.1, 0.15) is 5.60 Å². The summed E-state index contributed by atoms with van der Waals surface area (Å²) in [5.41, 5.74) is -0.693. The number of benzene rings is 2. The van der Waals surface area contributed by atoms with Gasteiger partial charge in [-0.05, 0) is 42.6 Å². The fraction of sp³-hybridized carbons (Fsp3) is 0.517. The Bertz CT molecular complexity index is 1030. The molecule has 8 nitrogen and oxygen atoms in total. The number of aliphatic hydroxyl groups is 1. The molecule has 3 rings (SSSR count). The second kappa shape index (κ2) is 11.9. The molecule has 3 N–H and O–H groups in total. The Morgan fingerprint density at radius 1 is 0.974 bits per heavy atom. The van der Waals surface area contributed by atoms with E-state index in [1.54, 1.807) is 20.8 Å². The molecular weight excluding hydrogens is 500 g/mol. The van der Waals surface area contributed by atoms with Crippen LogP contribution in [0.25, 0.3) is 0 Å². The quantitative estimate of drug-likeness (QED) is 0.438. The van der Waals surface area contributed by atoms with Gasteiger partial charge in [-0.15, -0.1) is 0 Å². The van der Waals surface area contributed by atoms with E-state index >= 15 is 0 Å². The molecule has 1 aliphatic rings. The molecule has 2 aromatic rings. The second-order valence-corrected chi connectivity index (χ2v) is 16.3. The van der Waals surface area contributed by atoms with Gasteiger partial charge < -0.3 is 29.6 Å². The number of carboxylic acid groups (broad SMARTS) is 1. The van der Waals surface area contributed by atoms with Gasteiger partial charge >= 0.3 is 12.2 Å². The normalized spacial score (nSPS) is 19.2. The number of rotatable bonds is 8. The smallest absolute Gasteiger partial charge is 0.407 e. The summed E-state index contributed by atoms with van der Waals surface area (Å²) in [6, 6.07) is 20.0. The van der Waals surface area contributed by atoms with Crippen molar-refractivity contribution < 1.29 is 29.0 Å². The molecular formula is C29H42N2O6Si. The summed E-state index contributed by atoms with van der Waals surface area (Å²) < 4.78 is 12.5. The summed E-state index contributed by atoms with van der Waals surface area (Å²) in [4.78, 5) is 25.5. The SMILES string of the molecule is CC(C)(C)OC(=O)NC(CCO[Si](c1ccccc1)(c1ccccc1)C(C)(C)C)[C@H]1CN(C(=O)O)C[C@H]1O. The van der Waals surface area contributed by atoms with Crippen molar-refractivity contribution in [2.45, 2.75) is 70.7 Å². The minimum Gasteiger partial charge on any atom is -0.465 e. The van der Waals surface area contributed by atoms with Crippen molar-refractivity contribution in [3.63, 3.8) is 0 Å². The van der Waals surface area contributed by atoms with Crippen molar-refractivity contribution in [3.05, 3.63) is 60.7 Å². The number of hydrogen-bond acceptors (Lipinski definition) is 5. The van der Waals surface area contributed by atoms with Crippen LogP contribution in [0.5, 0.6) is 0 Å². The molecule has 208 valence electrons. The first-order valence-corrected chi connectivity index (χ1v) is 15.1. The average Bonchev–Trinajstić information content (AvgIpc) is 3.22. The molecule has 1 aliphatic heterocycles. The molecule has 0 aliphatic carbocycles. The maximum Gasteiger partial charge on any atom is 0.407 e. The van der Waals surface area contributed by atoms with Crippen LogP contribution in [0.15, 0.2) is 60.7 Å². The van der Waals surface area contributed by atoms with Crippen LogP contribution >= 0.6 is 0 Å². The van der Waals surface area contributed by atoms with Crippen LogP contribution < -0.4 is 15.7 Å². The van der Waals surface area contributed by atoms with Crippen LogP contribution in [0.2, 0.25) is 5.04 Å². The van der Waals surface area contributed by atoms with Crippen molar-refractivity contribution in [1.29, 1.82) is 0 Å². The summed E-state index contributed by atoms with van der Waals surface area (Å²) in [5, 5.41) is 25.2. The summed E-state index contributed by atoms with van der Waals surface area (Å²) in [6.45, 7) is 12.4. The number of nitrogens with zero attached hydrogens (tertiary/aromatic N) is 1. The van der Waals surface area contributed by atoms with Crippen molar-refractivity contribution in [1.82, 2.24) is 10.2 Å². The van der Waals surface area contributed by atoms with Gasteiger partial charge in [0.2, 0.25) is 0 Å². The molecule has 1 unspecified atom stereocenters. The zero-order chi connectivity index (χ0) is 28.1. The van der Waals surface area contributed by atoms with E-state index in [4.69, 9.17) is 9.16 Å². The second-order valence-electron chi connectivity index (χ2n) is 12.0. The highest BCUT2D eigenvalue weighted by atomic mass is 28.4. The lowest BCUT2D eigenvalue weighted by molar-refractivity contribution is 0.0437. The first kappa shape index (κ1) is 29.7. The molecule has 1 heterocycles. The van der Waals surface area contributed by atoms with Crippen LogP contribution in [0, 0.1) is 5.92 Å². The van der Waals surface area contributed by atoms with Gasteiger partial charge in [0.15, 0.2) is 0 Å². The van der Waals surface area contributed by atoms with Gasteiger partial charge in [0, 0.05) is 25.1 Å². The highest BCUT2D eigenvalue weighted by molar-refractivity contribution is 6.99. The van der Waals surface area contributed by atoms with E-state index in [0.29, 0.717) is 13.0 Å². The molecule has 0 spiro atoms. The minimum atomic E-state index is -2.79. The van der Waals surface area contributed by atoms with E-state index in [0.717, 1.165) is 10.4 Å². The summed E-state index contributed by atoms with van der Waals surface area (Å²) in [5.74, 6) is -0.485. The molecule has 2 amide bonds. The van der Waals surface area contributed by atoms with E-state index in [-0.39, 0.29) is 18.1 Å². The van der Waals surface area contributed by atoms with E-state index in [2.05, 4.69) is 50.4 Å². The Kier molecular flexibility index (Phi) is 9.28. The van der Waals surface area contributed by atoms with Crippen LogP contribution in [-0.4, -0.2) is 73.1 Å². The van der Waals surface area contributed by atoms with Crippen LogP contribution in [0.1, 0.15) is 48.0 Å². The number of likely N-dealkylation sites (tertiary alicyclic amines) is 1. The third-order valence-electron chi connectivity index (χ3n) is 6.99. The van der Waals surface area contributed by atoms with Gasteiger partial charge in [-0.1, -0.05) is 81.4 Å².